The molecule has 168 valence electrons. The SMILES string of the molecule is O=C1N=C(N2CCN(Cc3ccccc3)CC2)SC1=Cc1ccc(-c2ccc(Cl)cc2Cl)o1. The third kappa shape index (κ3) is 5.20. The van der Waals surface area contributed by atoms with E-state index < -0.39 is 0 Å². The largest absolute Gasteiger partial charge is 0.457 e. The summed E-state index contributed by atoms with van der Waals surface area (Å²) in [7, 11) is 0. The van der Waals surface area contributed by atoms with Crippen molar-refractivity contribution in [3.8, 4) is 11.3 Å². The zero-order valence-electron chi connectivity index (χ0n) is 17.7. The maximum Gasteiger partial charge on any atom is 0.286 e. The minimum absolute atomic E-state index is 0.232. The molecule has 1 fully saturated rings. The van der Waals surface area contributed by atoms with Gasteiger partial charge in [-0.25, -0.2) is 0 Å². The number of nitrogens with zero attached hydrogens (tertiary/aromatic N) is 3. The number of furan rings is 1. The van der Waals surface area contributed by atoms with Crippen molar-refractivity contribution in [1.29, 1.82) is 0 Å². The standard InChI is InChI=1S/C25H21Cl2N3O2S/c26-18-6-8-20(21(27)14-18)22-9-7-19(32-22)15-23-24(31)28-25(33-23)30-12-10-29(11-13-30)16-17-4-2-1-3-5-17/h1-9,14-15H,10-13,16H2. The zero-order chi connectivity index (χ0) is 22.8. The summed E-state index contributed by atoms with van der Waals surface area (Å²) in [6.07, 6.45) is 1.74. The molecule has 2 aliphatic heterocycles. The van der Waals surface area contributed by atoms with Gasteiger partial charge in [-0.15, -0.1) is 0 Å². The van der Waals surface area contributed by atoms with E-state index in [0.717, 1.165) is 43.5 Å². The van der Waals surface area contributed by atoms with Crippen molar-refractivity contribution in [3.63, 3.8) is 0 Å². The Kier molecular flexibility index (Phi) is 6.60. The van der Waals surface area contributed by atoms with Gasteiger partial charge in [-0.1, -0.05) is 53.5 Å². The monoisotopic (exact) mass is 497 g/mol. The van der Waals surface area contributed by atoms with Crippen molar-refractivity contribution in [1.82, 2.24) is 9.80 Å². The van der Waals surface area contributed by atoms with Crippen molar-refractivity contribution in [2.24, 2.45) is 4.99 Å². The Bertz CT molecular complexity index is 1230. The van der Waals surface area contributed by atoms with Gasteiger partial charge in [-0.3, -0.25) is 9.69 Å². The van der Waals surface area contributed by atoms with Gasteiger partial charge >= 0.3 is 0 Å². The van der Waals surface area contributed by atoms with Crippen molar-refractivity contribution in [2.75, 3.05) is 26.2 Å². The van der Waals surface area contributed by atoms with Gasteiger partial charge in [-0.2, -0.15) is 4.99 Å². The first kappa shape index (κ1) is 22.3. The second-order valence-corrected chi connectivity index (χ2v) is 9.74. The van der Waals surface area contributed by atoms with E-state index >= 15 is 0 Å². The Morgan fingerprint density at radius 3 is 2.55 bits per heavy atom. The van der Waals surface area contributed by atoms with Crippen LogP contribution in [0.4, 0.5) is 0 Å². The number of amides is 1. The molecule has 2 aliphatic rings. The maximum atomic E-state index is 12.5. The number of benzene rings is 2. The summed E-state index contributed by atoms with van der Waals surface area (Å²) in [5, 5.41) is 1.84. The number of piperazine rings is 1. The van der Waals surface area contributed by atoms with Crippen LogP contribution in [0.3, 0.4) is 0 Å². The van der Waals surface area contributed by atoms with E-state index in [1.807, 2.05) is 24.3 Å². The lowest BCUT2D eigenvalue weighted by Gasteiger charge is -2.35. The van der Waals surface area contributed by atoms with E-state index in [2.05, 4.69) is 39.1 Å². The van der Waals surface area contributed by atoms with E-state index in [1.165, 1.54) is 17.3 Å². The van der Waals surface area contributed by atoms with Crippen LogP contribution in [0.15, 0.2) is 75.0 Å². The highest BCUT2D eigenvalue weighted by Gasteiger charge is 2.28. The Balaban J connectivity index is 1.21. The Labute approximate surface area is 206 Å². The number of hydrogen-bond acceptors (Lipinski definition) is 5. The number of hydrogen-bond donors (Lipinski definition) is 0. The predicted octanol–water partition coefficient (Wildman–Crippen LogP) is 6.04. The third-order valence-corrected chi connectivity index (χ3v) is 7.19. The number of aliphatic imine (C=N–C) groups is 1. The van der Waals surface area contributed by atoms with Crippen molar-refractivity contribution in [2.45, 2.75) is 6.54 Å². The summed E-state index contributed by atoms with van der Waals surface area (Å²) < 4.78 is 5.91. The Morgan fingerprint density at radius 2 is 1.79 bits per heavy atom. The van der Waals surface area contributed by atoms with E-state index in [1.54, 1.807) is 18.2 Å². The molecule has 5 rings (SSSR count). The molecule has 5 nitrogen and oxygen atoms in total. The third-order valence-electron chi connectivity index (χ3n) is 5.60. The highest BCUT2D eigenvalue weighted by atomic mass is 35.5. The van der Waals surface area contributed by atoms with Gasteiger partial charge in [0.2, 0.25) is 0 Å². The molecule has 0 saturated carbocycles. The number of rotatable bonds is 4. The fourth-order valence-electron chi connectivity index (χ4n) is 3.87. The van der Waals surface area contributed by atoms with Crippen molar-refractivity contribution < 1.29 is 9.21 Å². The van der Waals surface area contributed by atoms with E-state index in [4.69, 9.17) is 27.6 Å². The van der Waals surface area contributed by atoms with Crippen LogP contribution in [-0.4, -0.2) is 47.1 Å². The van der Waals surface area contributed by atoms with E-state index in [-0.39, 0.29) is 5.91 Å². The van der Waals surface area contributed by atoms with Crippen molar-refractivity contribution >= 4 is 52.1 Å². The first-order chi connectivity index (χ1) is 16.0. The van der Waals surface area contributed by atoms with Gasteiger partial charge in [0.15, 0.2) is 5.17 Å². The molecule has 0 aliphatic carbocycles. The van der Waals surface area contributed by atoms with Crippen LogP contribution < -0.4 is 0 Å². The van der Waals surface area contributed by atoms with Crippen LogP contribution in [-0.2, 0) is 11.3 Å². The van der Waals surface area contributed by atoms with Crippen LogP contribution in [0.2, 0.25) is 10.0 Å². The molecule has 3 heterocycles. The molecule has 1 saturated heterocycles. The van der Waals surface area contributed by atoms with Crippen molar-refractivity contribution in [3.05, 3.63) is 86.9 Å². The van der Waals surface area contributed by atoms with Gasteiger partial charge in [0, 0.05) is 49.4 Å². The molecule has 0 atom stereocenters. The summed E-state index contributed by atoms with van der Waals surface area (Å²) in [5.41, 5.74) is 2.07. The summed E-state index contributed by atoms with van der Waals surface area (Å²) >= 11 is 13.7. The average Bonchev–Trinajstić information content (AvgIpc) is 3.42. The number of thioether (sulfide) groups is 1. The average molecular weight is 498 g/mol. The van der Waals surface area contributed by atoms with Gasteiger partial charge < -0.3 is 9.32 Å². The van der Waals surface area contributed by atoms with Gasteiger partial charge in [0.05, 0.1) is 9.93 Å². The lowest BCUT2D eigenvalue weighted by molar-refractivity contribution is -0.113. The highest BCUT2D eigenvalue weighted by molar-refractivity contribution is 8.18. The number of amidine groups is 1. The fraction of sp³-hybridized carbons (Fsp3) is 0.200. The molecule has 1 amide bonds. The lowest BCUT2D eigenvalue weighted by Crippen LogP contribution is -2.47. The van der Waals surface area contributed by atoms with Crippen LogP contribution in [0, 0.1) is 0 Å². The van der Waals surface area contributed by atoms with Gasteiger partial charge in [0.25, 0.3) is 5.91 Å². The first-order valence-corrected chi connectivity index (χ1v) is 12.2. The maximum absolute atomic E-state index is 12.5. The smallest absolute Gasteiger partial charge is 0.286 e. The zero-order valence-corrected chi connectivity index (χ0v) is 20.0. The lowest BCUT2D eigenvalue weighted by atomic mass is 10.2. The van der Waals surface area contributed by atoms with Crippen LogP contribution in [0.25, 0.3) is 17.4 Å². The second-order valence-electron chi connectivity index (χ2n) is 7.89. The second kappa shape index (κ2) is 9.77. The summed E-state index contributed by atoms with van der Waals surface area (Å²) in [5.74, 6) is 0.967. The summed E-state index contributed by atoms with van der Waals surface area (Å²) in [6, 6.07) is 19.4. The van der Waals surface area contributed by atoms with Crippen LogP contribution in [0.5, 0.6) is 0 Å². The van der Waals surface area contributed by atoms with E-state index in [0.29, 0.717) is 26.5 Å². The number of carbonyl (C=O) groups excluding carboxylic acids is 1. The minimum Gasteiger partial charge on any atom is -0.457 e. The topological polar surface area (TPSA) is 49.1 Å². The molecule has 0 unspecified atom stereocenters. The van der Waals surface area contributed by atoms with Gasteiger partial charge in [0.1, 0.15) is 11.5 Å². The molecule has 0 bridgehead atoms. The molecule has 0 radical (unpaired) electrons. The fourth-order valence-corrected chi connectivity index (χ4v) is 5.31. The molecule has 8 heteroatoms. The summed E-state index contributed by atoms with van der Waals surface area (Å²) in [6.45, 7) is 4.51. The first-order valence-electron chi connectivity index (χ1n) is 10.6. The number of carbonyl (C=O) groups is 1. The molecule has 0 spiro atoms. The molecule has 1 aromatic heterocycles. The Hall–Kier alpha value is -2.51. The molecule has 2 aromatic carbocycles. The normalized spacial score (nSPS) is 18.2. The molecular formula is C25H21Cl2N3O2S. The van der Waals surface area contributed by atoms with Gasteiger partial charge in [-0.05, 0) is 47.7 Å². The quantitative estimate of drug-likeness (QED) is 0.411. The van der Waals surface area contributed by atoms with Crippen LogP contribution >= 0.6 is 35.0 Å². The molecule has 0 N–H and O–H groups in total. The van der Waals surface area contributed by atoms with Crippen LogP contribution in [0.1, 0.15) is 11.3 Å². The number of halogens is 2. The molecule has 33 heavy (non-hydrogen) atoms. The Morgan fingerprint density at radius 1 is 1.00 bits per heavy atom. The molecular weight excluding hydrogens is 477 g/mol. The summed E-state index contributed by atoms with van der Waals surface area (Å²) in [4.78, 5) is 22.0. The van der Waals surface area contributed by atoms with E-state index in [9.17, 15) is 4.79 Å². The minimum atomic E-state index is -0.232. The predicted molar refractivity (Wildman–Crippen MR) is 135 cm³/mol. The highest BCUT2D eigenvalue weighted by Crippen LogP contribution is 2.34. The molecule has 3 aromatic rings.